The maximum atomic E-state index is 8.74. The van der Waals surface area contributed by atoms with E-state index in [9.17, 15) is 0 Å². The number of aromatic nitrogens is 2. The molecule has 0 aliphatic rings. The van der Waals surface area contributed by atoms with E-state index in [2.05, 4.69) is 53.4 Å². The first-order valence-electron chi connectivity index (χ1n) is 7.91. The van der Waals surface area contributed by atoms with Crippen LogP contribution in [0, 0.1) is 5.92 Å². The molecular weight excluding hydrogens is 274 g/mol. The molecule has 2 N–H and O–H groups in total. The Labute approximate surface area is 132 Å². The summed E-state index contributed by atoms with van der Waals surface area (Å²) in [4.78, 5) is 8.87. The number of rotatable bonds is 8. The van der Waals surface area contributed by atoms with Crippen LogP contribution in [-0.4, -0.2) is 28.2 Å². The Morgan fingerprint density at radius 3 is 2.55 bits per heavy atom. The molecule has 0 aliphatic carbocycles. The van der Waals surface area contributed by atoms with E-state index in [0.717, 1.165) is 30.8 Å². The van der Waals surface area contributed by atoms with Gasteiger partial charge < -0.3 is 10.4 Å². The van der Waals surface area contributed by atoms with E-state index >= 15 is 0 Å². The number of aliphatic hydroxyl groups excluding tert-OH is 1. The standard InChI is InChI=1S/C18H25N3O/c1-14(2)10-15-6-3-4-7-17(15)16-11-20-18(21-12-16)13-19-8-5-9-22/h3-4,6-7,11-12,14,19,22H,5,8-10,13H2,1-2H3. The highest BCUT2D eigenvalue weighted by Gasteiger charge is 2.07. The average molecular weight is 299 g/mol. The lowest BCUT2D eigenvalue weighted by Gasteiger charge is -2.11. The summed E-state index contributed by atoms with van der Waals surface area (Å²) in [5.41, 5.74) is 3.63. The fourth-order valence-electron chi connectivity index (χ4n) is 2.41. The maximum absolute atomic E-state index is 8.74. The van der Waals surface area contributed by atoms with Crippen molar-refractivity contribution >= 4 is 0 Å². The molecule has 0 saturated heterocycles. The summed E-state index contributed by atoms with van der Waals surface area (Å²) in [6.45, 7) is 6.08. The Balaban J connectivity index is 2.07. The monoisotopic (exact) mass is 299 g/mol. The van der Waals surface area contributed by atoms with Crippen molar-refractivity contribution in [1.29, 1.82) is 0 Å². The van der Waals surface area contributed by atoms with Gasteiger partial charge in [0.1, 0.15) is 5.82 Å². The summed E-state index contributed by atoms with van der Waals surface area (Å²) >= 11 is 0. The van der Waals surface area contributed by atoms with E-state index in [4.69, 9.17) is 5.11 Å². The van der Waals surface area contributed by atoms with Gasteiger partial charge in [-0.3, -0.25) is 0 Å². The smallest absolute Gasteiger partial charge is 0.141 e. The molecule has 0 atom stereocenters. The summed E-state index contributed by atoms with van der Waals surface area (Å²) in [5.74, 6) is 1.40. The van der Waals surface area contributed by atoms with Gasteiger partial charge in [0.25, 0.3) is 0 Å². The topological polar surface area (TPSA) is 58.0 Å². The molecule has 0 fully saturated rings. The molecule has 1 aromatic carbocycles. The predicted octanol–water partition coefficient (Wildman–Crippen LogP) is 2.81. The van der Waals surface area contributed by atoms with Gasteiger partial charge in [0.2, 0.25) is 0 Å². The van der Waals surface area contributed by atoms with Gasteiger partial charge in [-0.2, -0.15) is 0 Å². The summed E-state index contributed by atoms with van der Waals surface area (Å²) in [6, 6.07) is 8.46. The van der Waals surface area contributed by atoms with Gasteiger partial charge in [0.05, 0.1) is 6.54 Å². The number of nitrogens with one attached hydrogen (secondary N) is 1. The van der Waals surface area contributed by atoms with Gasteiger partial charge in [-0.25, -0.2) is 9.97 Å². The number of nitrogens with zero attached hydrogens (tertiary/aromatic N) is 2. The first-order valence-corrected chi connectivity index (χ1v) is 7.91. The molecule has 0 bridgehead atoms. The minimum atomic E-state index is 0.208. The molecule has 0 saturated carbocycles. The van der Waals surface area contributed by atoms with Gasteiger partial charge in [-0.1, -0.05) is 38.1 Å². The van der Waals surface area contributed by atoms with Crippen molar-refractivity contribution in [1.82, 2.24) is 15.3 Å². The average Bonchev–Trinajstić information content (AvgIpc) is 2.52. The van der Waals surface area contributed by atoms with Gasteiger partial charge in [-0.15, -0.1) is 0 Å². The van der Waals surface area contributed by atoms with Gasteiger partial charge >= 0.3 is 0 Å². The van der Waals surface area contributed by atoms with Crippen molar-refractivity contribution in [3.63, 3.8) is 0 Å². The second-order valence-corrected chi connectivity index (χ2v) is 5.90. The largest absolute Gasteiger partial charge is 0.396 e. The van der Waals surface area contributed by atoms with Gasteiger partial charge in [0, 0.05) is 24.6 Å². The van der Waals surface area contributed by atoms with E-state index in [0.29, 0.717) is 12.5 Å². The quantitative estimate of drug-likeness (QED) is 0.736. The molecule has 0 amide bonds. The van der Waals surface area contributed by atoms with E-state index in [1.807, 2.05) is 12.4 Å². The molecule has 4 heteroatoms. The lowest BCUT2D eigenvalue weighted by molar-refractivity contribution is 0.286. The fraction of sp³-hybridized carbons (Fsp3) is 0.444. The summed E-state index contributed by atoms with van der Waals surface area (Å²) in [6.07, 6.45) is 5.60. The van der Waals surface area contributed by atoms with Crippen molar-refractivity contribution in [2.24, 2.45) is 5.92 Å². The van der Waals surface area contributed by atoms with E-state index in [-0.39, 0.29) is 6.61 Å². The van der Waals surface area contributed by atoms with E-state index < -0.39 is 0 Å². The highest BCUT2D eigenvalue weighted by Crippen LogP contribution is 2.24. The number of benzene rings is 1. The van der Waals surface area contributed by atoms with Crippen LogP contribution in [0.5, 0.6) is 0 Å². The molecule has 2 rings (SSSR count). The van der Waals surface area contributed by atoms with Crippen LogP contribution in [0.1, 0.15) is 31.7 Å². The molecule has 118 valence electrons. The normalized spacial score (nSPS) is 11.1. The molecule has 22 heavy (non-hydrogen) atoms. The van der Waals surface area contributed by atoms with Crippen LogP contribution in [0.4, 0.5) is 0 Å². The third kappa shape index (κ3) is 4.90. The zero-order valence-electron chi connectivity index (χ0n) is 13.4. The van der Waals surface area contributed by atoms with Gasteiger partial charge in [0.15, 0.2) is 0 Å². The number of hydrogen-bond donors (Lipinski definition) is 2. The molecular formula is C18H25N3O. The zero-order valence-corrected chi connectivity index (χ0v) is 13.4. The van der Waals surface area contributed by atoms with Crippen LogP contribution in [0.2, 0.25) is 0 Å². The molecule has 4 nitrogen and oxygen atoms in total. The van der Waals surface area contributed by atoms with Crippen molar-refractivity contribution in [2.75, 3.05) is 13.2 Å². The van der Waals surface area contributed by atoms with Crippen molar-refractivity contribution < 1.29 is 5.11 Å². The summed E-state index contributed by atoms with van der Waals surface area (Å²) in [7, 11) is 0. The Kier molecular flexibility index (Phi) is 6.49. The molecule has 0 radical (unpaired) electrons. The summed E-state index contributed by atoms with van der Waals surface area (Å²) in [5, 5.41) is 12.0. The van der Waals surface area contributed by atoms with Crippen LogP contribution in [0.3, 0.4) is 0 Å². The number of aliphatic hydroxyl groups is 1. The second-order valence-electron chi connectivity index (χ2n) is 5.90. The van der Waals surface area contributed by atoms with Crippen LogP contribution in [0.25, 0.3) is 11.1 Å². The molecule has 0 spiro atoms. The lowest BCUT2D eigenvalue weighted by Crippen LogP contribution is -2.17. The first kappa shape index (κ1) is 16.6. The van der Waals surface area contributed by atoms with Gasteiger partial charge in [-0.05, 0) is 36.4 Å². The minimum absolute atomic E-state index is 0.208. The third-order valence-corrected chi connectivity index (χ3v) is 3.46. The molecule has 1 aromatic heterocycles. The van der Waals surface area contributed by atoms with Crippen molar-refractivity contribution in [3.05, 3.63) is 48.0 Å². The number of hydrogen-bond acceptors (Lipinski definition) is 4. The van der Waals surface area contributed by atoms with Crippen LogP contribution < -0.4 is 5.32 Å². The van der Waals surface area contributed by atoms with E-state index in [1.165, 1.54) is 11.1 Å². The molecule has 0 unspecified atom stereocenters. The lowest BCUT2D eigenvalue weighted by atomic mass is 9.95. The molecule has 1 heterocycles. The van der Waals surface area contributed by atoms with E-state index in [1.54, 1.807) is 0 Å². The first-order chi connectivity index (χ1) is 10.7. The van der Waals surface area contributed by atoms with Crippen molar-refractivity contribution in [2.45, 2.75) is 33.2 Å². The predicted molar refractivity (Wildman–Crippen MR) is 89.4 cm³/mol. The Morgan fingerprint density at radius 2 is 1.86 bits per heavy atom. The summed E-state index contributed by atoms with van der Waals surface area (Å²) < 4.78 is 0. The van der Waals surface area contributed by atoms with Crippen LogP contribution >= 0.6 is 0 Å². The highest BCUT2D eigenvalue weighted by molar-refractivity contribution is 5.65. The SMILES string of the molecule is CC(C)Cc1ccccc1-c1cnc(CNCCCO)nc1. The zero-order chi connectivity index (χ0) is 15.8. The minimum Gasteiger partial charge on any atom is -0.396 e. The van der Waals surface area contributed by atoms with Crippen molar-refractivity contribution in [3.8, 4) is 11.1 Å². The highest BCUT2D eigenvalue weighted by atomic mass is 16.3. The Morgan fingerprint density at radius 1 is 1.14 bits per heavy atom. The Hall–Kier alpha value is -1.78. The van der Waals surface area contributed by atoms with Crippen LogP contribution in [-0.2, 0) is 13.0 Å². The Bertz CT molecular complexity index is 567. The fourth-order valence-corrected chi connectivity index (χ4v) is 2.41. The molecule has 2 aromatic rings. The third-order valence-electron chi connectivity index (χ3n) is 3.46. The van der Waals surface area contributed by atoms with Crippen LogP contribution in [0.15, 0.2) is 36.7 Å². The second kappa shape index (κ2) is 8.61. The maximum Gasteiger partial charge on any atom is 0.141 e. The molecule has 0 aliphatic heterocycles.